The van der Waals surface area contributed by atoms with E-state index in [1.165, 1.54) is 11.1 Å². The van der Waals surface area contributed by atoms with E-state index in [9.17, 15) is 0 Å². The monoisotopic (exact) mass is 594 g/mol. The molecule has 2 aromatic carbocycles. The van der Waals surface area contributed by atoms with Crippen molar-refractivity contribution in [2.45, 2.75) is 18.3 Å². The largest absolute Gasteiger partial charge is 0.492 e. The summed E-state index contributed by atoms with van der Waals surface area (Å²) in [7, 11) is 3.38. The van der Waals surface area contributed by atoms with Crippen LogP contribution < -0.4 is 10.1 Å². The zero-order valence-corrected chi connectivity index (χ0v) is 20.0. The van der Waals surface area contributed by atoms with E-state index in [-0.39, 0.29) is 49.4 Å². The van der Waals surface area contributed by atoms with E-state index in [0.29, 0.717) is 19.8 Å². The van der Waals surface area contributed by atoms with Gasteiger partial charge in [-0.05, 0) is 17.7 Å². The molecular formula is C21H26NO4U-. The molecule has 3 atom stereocenters. The van der Waals surface area contributed by atoms with E-state index in [1.54, 1.807) is 14.2 Å². The number of rotatable bonds is 9. The van der Waals surface area contributed by atoms with Gasteiger partial charge in [-0.3, -0.25) is 0 Å². The molecule has 1 fully saturated rings. The molecule has 5 nitrogen and oxygen atoms in total. The summed E-state index contributed by atoms with van der Waals surface area (Å²) in [6, 6.07) is 19.1. The third kappa shape index (κ3) is 6.32. The number of methoxy groups -OCH3 is 2. The fourth-order valence-electron chi connectivity index (χ4n) is 3.14. The Balaban J connectivity index is 0.00000261. The summed E-state index contributed by atoms with van der Waals surface area (Å²) in [5.74, 6) is 0.865. The van der Waals surface area contributed by atoms with Crippen molar-refractivity contribution in [2.24, 2.45) is 0 Å². The van der Waals surface area contributed by atoms with Gasteiger partial charge in [-0.25, -0.2) is 0 Å². The molecule has 1 aliphatic heterocycles. The molecule has 2 aromatic rings. The summed E-state index contributed by atoms with van der Waals surface area (Å²) in [6.45, 7) is 2.62. The quantitative estimate of drug-likeness (QED) is 0.358. The molecule has 0 saturated carbocycles. The van der Waals surface area contributed by atoms with Crippen molar-refractivity contribution in [1.82, 2.24) is 5.32 Å². The molecule has 0 aliphatic carbocycles. The Morgan fingerprint density at radius 1 is 1.04 bits per heavy atom. The van der Waals surface area contributed by atoms with Gasteiger partial charge in [0, 0.05) is 58.4 Å². The first-order valence-electron chi connectivity index (χ1n) is 8.89. The van der Waals surface area contributed by atoms with E-state index in [4.69, 9.17) is 18.9 Å². The average Bonchev–Trinajstić information content (AvgIpc) is 3.11. The van der Waals surface area contributed by atoms with Crippen molar-refractivity contribution >= 4 is 0 Å². The Kier molecular flexibility index (Phi) is 9.85. The minimum absolute atomic E-state index is 0. The third-order valence-electron chi connectivity index (χ3n) is 4.58. The minimum atomic E-state index is -0.0310. The van der Waals surface area contributed by atoms with Crippen LogP contribution in [-0.4, -0.2) is 58.8 Å². The topological polar surface area (TPSA) is 49.0 Å². The standard InChI is InChI=1S/C21H26NO4.U/c1-23-20-15-26-19(21(20)24-2)14-22-12-13-25-18-10-8-17(9-11-18)16-6-4-3-5-7-16;/h4-11,19-22H,12-15H2,1-2H3;/q-1;/t19-,20+,21-;/m1./s1. The van der Waals surface area contributed by atoms with Crippen LogP contribution in [0.25, 0.3) is 11.1 Å². The van der Waals surface area contributed by atoms with E-state index in [0.717, 1.165) is 12.3 Å². The van der Waals surface area contributed by atoms with Gasteiger partial charge in [0.1, 0.15) is 24.6 Å². The fourth-order valence-corrected chi connectivity index (χ4v) is 3.14. The van der Waals surface area contributed by atoms with Gasteiger partial charge in [0.15, 0.2) is 0 Å². The van der Waals surface area contributed by atoms with Crippen LogP contribution in [-0.2, 0) is 14.2 Å². The van der Waals surface area contributed by atoms with Crippen molar-refractivity contribution in [3.63, 3.8) is 0 Å². The van der Waals surface area contributed by atoms with Crippen molar-refractivity contribution in [3.8, 4) is 16.9 Å². The number of hydrogen-bond acceptors (Lipinski definition) is 5. The van der Waals surface area contributed by atoms with Gasteiger partial charge in [0.2, 0.25) is 0 Å². The van der Waals surface area contributed by atoms with Gasteiger partial charge in [-0.1, -0.05) is 12.1 Å². The number of benzene rings is 2. The van der Waals surface area contributed by atoms with Gasteiger partial charge < -0.3 is 24.3 Å². The maximum Gasteiger partial charge on any atom is 0.119 e. The van der Waals surface area contributed by atoms with Gasteiger partial charge in [-0.15, -0.1) is 5.56 Å². The summed E-state index contributed by atoms with van der Waals surface area (Å²) in [4.78, 5) is 0. The molecule has 1 N–H and O–H groups in total. The third-order valence-corrected chi connectivity index (χ3v) is 4.58. The predicted octanol–water partition coefficient (Wildman–Crippen LogP) is 2.55. The Morgan fingerprint density at radius 2 is 1.74 bits per heavy atom. The molecule has 0 aromatic heterocycles. The van der Waals surface area contributed by atoms with Crippen molar-refractivity contribution in [3.05, 3.63) is 54.6 Å². The van der Waals surface area contributed by atoms with E-state index < -0.39 is 0 Å². The molecule has 0 unspecified atom stereocenters. The van der Waals surface area contributed by atoms with Crippen molar-refractivity contribution in [2.75, 3.05) is 40.5 Å². The molecule has 6 heteroatoms. The average molecular weight is 594 g/mol. The Bertz CT molecular complexity index is 653. The van der Waals surface area contributed by atoms with Crippen LogP contribution in [0.3, 0.4) is 0 Å². The van der Waals surface area contributed by atoms with Crippen LogP contribution in [0.5, 0.6) is 5.75 Å². The Hall–Kier alpha value is -0.868. The molecule has 1 saturated heterocycles. The van der Waals surface area contributed by atoms with Crippen molar-refractivity contribution in [1.29, 1.82) is 0 Å². The molecule has 144 valence electrons. The summed E-state index contributed by atoms with van der Waals surface area (Å²) < 4.78 is 22.4. The van der Waals surface area contributed by atoms with Crippen LogP contribution in [0.2, 0.25) is 0 Å². The van der Waals surface area contributed by atoms with E-state index in [2.05, 4.69) is 23.5 Å². The minimum Gasteiger partial charge on any atom is -0.492 e. The van der Waals surface area contributed by atoms with Crippen molar-refractivity contribution < 1.29 is 50.1 Å². The van der Waals surface area contributed by atoms with Gasteiger partial charge in [-0.2, -0.15) is 30.3 Å². The molecule has 0 bridgehead atoms. The van der Waals surface area contributed by atoms with Crippen LogP contribution in [0.4, 0.5) is 0 Å². The SMILES string of the molecule is CO[C@H]1[C@@H](OC)CO[C@@H]1CNCCOc1ccc(-c2cc[c-]cc2)cc1.[U]. The normalized spacial score (nSPS) is 21.6. The predicted molar refractivity (Wildman–Crippen MR) is 100 cm³/mol. The molecule has 27 heavy (non-hydrogen) atoms. The first-order valence-corrected chi connectivity index (χ1v) is 8.89. The Morgan fingerprint density at radius 3 is 2.41 bits per heavy atom. The van der Waals surface area contributed by atoms with Crippen LogP contribution in [0.1, 0.15) is 0 Å². The summed E-state index contributed by atoms with van der Waals surface area (Å²) in [5.41, 5.74) is 2.34. The second kappa shape index (κ2) is 11.9. The van der Waals surface area contributed by atoms with Gasteiger partial charge in [0.05, 0.1) is 12.7 Å². The Labute approximate surface area is 185 Å². The molecule has 3 rings (SSSR count). The summed E-state index contributed by atoms with van der Waals surface area (Å²) >= 11 is 0. The second-order valence-corrected chi connectivity index (χ2v) is 6.21. The summed E-state index contributed by atoms with van der Waals surface area (Å²) in [5, 5.41) is 3.35. The first-order chi connectivity index (χ1) is 12.8. The maximum absolute atomic E-state index is 5.79. The van der Waals surface area contributed by atoms with E-state index in [1.807, 2.05) is 36.4 Å². The molecule has 0 amide bonds. The number of ether oxygens (including phenoxy) is 4. The van der Waals surface area contributed by atoms with Gasteiger partial charge in [0.25, 0.3) is 0 Å². The fraction of sp³-hybridized carbons (Fsp3) is 0.429. The van der Waals surface area contributed by atoms with E-state index >= 15 is 0 Å². The molecule has 1 heterocycles. The second-order valence-electron chi connectivity index (χ2n) is 6.21. The zero-order valence-electron chi connectivity index (χ0n) is 15.8. The zero-order chi connectivity index (χ0) is 18.2. The van der Waals surface area contributed by atoms with Crippen LogP contribution >= 0.6 is 0 Å². The molecule has 0 radical (unpaired) electrons. The van der Waals surface area contributed by atoms with Crippen LogP contribution in [0, 0.1) is 37.2 Å². The molecular weight excluding hydrogens is 568 g/mol. The number of hydrogen-bond donors (Lipinski definition) is 1. The number of nitrogens with one attached hydrogen (secondary N) is 1. The maximum atomic E-state index is 5.79. The smallest absolute Gasteiger partial charge is 0.119 e. The van der Waals surface area contributed by atoms with Crippen LogP contribution in [0.15, 0.2) is 48.5 Å². The molecule has 0 spiro atoms. The van der Waals surface area contributed by atoms with Gasteiger partial charge >= 0.3 is 0 Å². The first kappa shape index (κ1) is 22.4. The summed E-state index contributed by atoms with van der Waals surface area (Å²) in [6.07, 6.45) is -0.0204. The molecule has 1 aliphatic rings.